The standard InChI is InChI=1S/C10H9N3O2/c1-5-6-4-7(9(11)14)10(15)13-8(6)2-3-12-5/h2-4H,1H3,(H2,11,14)(H,13,15). The first-order valence-electron chi connectivity index (χ1n) is 4.38. The maximum absolute atomic E-state index is 11.4. The second-order valence-electron chi connectivity index (χ2n) is 3.23. The van der Waals surface area contributed by atoms with E-state index < -0.39 is 11.5 Å². The lowest BCUT2D eigenvalue weighted by Gasteiger charge is -2.02. The van der Waals surface area contributed by atoms with Crippen LogP contribution in [-0.2, 0) is 0 Å². The summed E-state index contributed by atoms with van der Waals surface area (Å²) in [5.74, 6) is -0.735. The number of rotatable bonds is 1. The van der Waals surface area contributed by atoms with Crippen molar-refractivity contribution in [3.8, 4) is 0 Å². The number of amides is 1. The largest absolute Gasteiger partial charge is 0.365 e. The van der Waals surface area contributed by atoms with Crippen LogP contribution in [0.1, 0.15) is 16.1 Å². The van der Waals surface area contributed by atoms with Gasteiger partial charge in [-0.15, -0.1) is 0 Å². The first-order valence-corrected chi connectivity index (χ1v) is 4.38. The third kappa shape index (κ3) is 1.48. The van der Waals surface area contributed by atoms with Crippen molar-refractivity contribution in [3.05, 3.63) is 39.9 Å². The number of hydrogen-bond acceptors (Lipinski definition) is 3. The minimum absolute atomic E-state index is 0.0430. The summed E-state index contributed by atoms with van der Waals surface area (Å²) in [6.45, 7) is 1.80. The zero-order valence-corrected chi connectivity index (χ0v) is 8.07. The first-order chi connectivity index (χ1) is 7.09. The molecule has 0 unspecified atom stereocenters. The molecular weight excluding hydrogens is 194 g/mol. The van der Waals surface area contributed by atoms with Crippen molar-refractivity contribution in [3.63, 3.8) is 0 Å². The molecule has 3 N–H and O–H groups in total. The van der Waals surface area contributed by atoms with Gasteiger partial charge in [-0.05, 0) is 19.1 Å². The Hall–Kier alpha value is -2.17. The van der Waals surface area contributed by atoms with Crippen molar-refractivity contribution < 1.29 is 4.79 Å². The van der Waals surface area contributed by atoms with Crippen LogP contribution in [-0.4, -0.2) is 15.9 Å². The van der Waals surface area contributed by atoms with Crippen molar-refractivity contribution in [2.75, 3.05) is 0 Å². The second-order valence-corrected chi connectivity index (χ2v) is 3.23. The van der Waals surface area contributed by atoms with Crippen LogP contribution in [0.3, 0.4) is 0 Å². The van der Waals surface area contributed by atoms with Gasteiger partial charge in [0, 0.05) is 17.3 Å². The summed E-state index contributed by atoms with van der Waals surface area (Å²) in [5.41, 5.74) is 5.95. The number of carbonyl (C=O) groups is 1. The summed E-state index contributed by atoms with van der Waals surface area (Å²) in [6, 6.07) is 3.15. The summed E-state index contributed by atoms with van der Waals surface area (Å²) < 4.78 is 0. The van der Waals surface area contributed by atoms with Gasteiger partial charge in [-0.1, -0.05) is 0 Å². The molecule has 0 saturated heterocycles. The number of aromatic amines is 1. The Balaban J connectivity index is 2.90. The lowest BCUT2D eigenvalue weighted by molar-refractivity contribution is 0.0999. The lowest BCUT2D eigenvalue weighted by Crippen LogP contribution is -2.23. The molecule has 0 aromatic carbocycles. The number of aromatic nitrogens is 2. The van der Waals surface area contributed by atoms with Crippen LogP contribution in [0, 0.1) is 6.92 Å². The molecule has 0 fully saturated rings. The number of primary amides is 1. The zero-order chi connectivity index (χ0) is 11.0. The van der Waals surface area contributed by atoms with Crippen molar-refractivity contribution in [2.24, 2.45) is 5.73 Å². The number of nitrogens with one attached hydrogen (secondary N) is 1. The van der Waals surface area contributed by atoms with E-state index in [4.69, 9.17) is 5.73 Å². The SMILES string of the molecule is Cc1nccc2[nH]c(=O)c(C(N)=O)cc12. The van der Waals surface area contributed by atoms with E-state index in [0.717, 1.165) is 11.1 Å². The van der Waals surface area contributed by atoms with Crippen molar-refractivity contribution in [1.82, 2.24) is 9.97 Å². The molecule has 76 valence electrons. The molecule has 5 heteroatoms. The van der Waals surface area contributed by atoms with E-state index in [-0.39, 0.29) is 5.56 Å². The molecule has 0 saturated carbocycles. The normalized spacial score (nSPS) is 10.5. The zero-order valence-electron chi connectivity index (χ0n) is 8.07. The Morgan fingerprint density at radius 2 is 2.27 bits per heavy atom. The Morgan fingerprint density at radius 3 is 2.93 bits per heavy atom. The molecule has 0 bridgehead atoms. The van der Waals surface area contributed by atoms with E-state index in [1.165, 1.54) is 6.07 Å². The molecule has 2 aromatic rings. The molecule has 2 rings (SSSR count). The highest BCUT2D eigenvalue weighted by molar-refractivity contribution is 5.96. The molecule has 5 nitrogen and oxygen atoms in total. The second kappa shape index (κ2) is 3.20. The van der Waals surface area contributed by atoms with Crippen LogP contribution in [0.2, 0.25) is 0 Å². The summed E-state index contributed by atoms with van der Waals surface area (Å²) >= 11 is 0. The van der Waals surface area contributed by atoms with Gasteiger partial charge in [-0.25, -0.2) is 0 Å². The molecule has 1 amide bonds. The van der Waals surface area contributed by atoms with E-state index in [0.29, 0.717) is 5.52 Å². The average Bonchev–Trinajstić information content (AvgIpc) is 2.16. The monoisotopic (exact) mass is 203 g/mol. The van der Waals surface area contributed by atoms with Crippen LogP contribution in [0.15, 0.2) is 23.1 Å². The maximum atomic E-state index is 11.4. The third-order valence-corrected chi connectivity index (χ3v) is 2.24. The predicted octanol–water partition coefficient (Wildman–Crippen LogP) is 0.330. The Morgan fingerprint density at radius 1 is 1.53 bits per heavy atom. The van der Waals surface area contributed by atoms with Crippen LogP contribution >= 0.6 is 0 Å². The van der Waals surface area contributed by atoms with Gasteiger partial charge in [0.15, 0.2) is 0 Å². The third-order valence-electron chi connectivity index (χ3n) is 2.24. The number of fused-ring (bicyclic) bond motifs is 1. The topological polar surface area (TPSA) is 88.8 Å². The van der Waals surface area contributed by atoms with Crippen LogP contribution < -0.4 is 11.3 Å². The van der Waals surface area contributed by atoms with Gasteiger partial charge >= 0.3 is 0 Å². The van der Waals surface area contributed by atoms with Gasteiger partial charge in [0.25, 0.3) is 11.5 Å². The fraction of sp³-hybridized carbons (Fsp3) is 0.100. The molecule has 0 spiro atoms. The first kappa shape index (κ1) is 9.39. The predicted molar refractivity (Wildman–Crippen MR) is 55.6 cm³/mol. The lowest BCUT2D eigenvalue weighted by atomic mass is 10.1. The molecular formula is C10H9N3O2. The molecule has 15 heavy (non-hydrogen) atoms. The van der Waals surface area contributed by atoms with Crippen molar-refractivity contribution in [2.45, 2.75) is 6.92 Å². The molecule has 0 aliphatic carbocycles. The van der Waals surface area contributed by atoms with Crippen molar-refractivity contribution >= 4 is 16.8 Å². The Kier molecular flexibility index (Phi) is 2.00. The number of nitrogens with two attached hydrogens (primary N) is 1. The van der Waals surface area contributed by atoms with Gasteiger partial charge in [-0.3, -0.25) is 14.6 Å². The molecule has 2 aromatic heterocycles. The van der Waals surface area contributed by atoms with E-state index in [1.54, 1.807) is 19.2 Å². The number of hydrogen-bond donors (Lipinski definition) is 2. The number of H-pyrrole nitrogens is 1. The summed E-state index contributed by atoms with van der Waals surface area (Å²) in [5, 5.41) is 0.728. The number of aryl methyl sites for hydroxylation is 1. The minimum Gasteiger partial charge on any atom is -0.365 e. The van der Waals surface area contributed by atoms with Crippen LogP contribution in [0.5, 0.6) is 0 Å². The van der Waals surface area contributed by atoms with Gasteiger partial charge in [0.1, 0.15) is 5.56 Å². The molecule has 0 aliphatic rings. The Labute approximate surface area is 84.9 Å². The van der Waals surface area contributed by atoms with Gasteiger partial charge in [0.2, 0.25) is 0 Å². The highest BCUT2D eigenvalue weighted by Crippen LogP contribution is 2.12. The van der Waals surface area contributed by atoms with Crippen molar-refractivity contribution in [1.29, 1.82) is 0 Å². The number of pyridine rings is 2. The van der Waals surface area contributed by atoms with Crippen LogP contribution in [0.4, 0.5) is 0 Å². The fourth-order valence-corrected chi connectivity index (χ4v) is 1.45. The fourth-order valence-electron chi connectivity index (χ4n) is 1.45. The van der Waals surface area contributed by atoms with Crippen LogP contribution in [0.25, 0.3) is 10.9 Å². The molecule has 0 aliphatic heterocycles. The Bertz CT molecular complexity index is 601. The highest BCUT2D eigenvalue weighted by atomic mass is 16.2. The van der Waals surface area contributed by atoms with E-state index in [2.05, 4.69) is 9.97 Å². The minimum atomic E-state index is -0.735. The number of nitrogens with zero attached hydrogens (tertiary/aromatic N) is 1. The molecule has 2 heterocycles. The van der Waals surface area contributed by atoms with E-state index >= 15 is 0 Å². The molecule has 0 radical (unpaired) electrons. The van der Waals surface area contributed by atoms with E-state index in [1.807, 2.05) is 0 Å². The maximum Gasteiger partial charge on any atom is 0.261 e. The van der Waals surface area contributed by atoms with Gasteiger partial charge < -0.3 is 10.7 Å². The smallest absolute Gasteiger partial charge is 0.261 e. The summed E-state index contributed by atoms with van der Waals surface area (Å²) in [6.07, 6.45) is 1.59. The molecule has 0 atom stereocenters. The summed E-state index contributed by atoms with van der Waals surface area (Å²) in [4.78, 5) is 29.0. The highest BCUT2D eigenvalue weighted by Gasteiger charge is 2.09. The quantitative estimate of drug-likeness (QED) is 0.699. The van der Waals surface area contributed by atoms with Gasteiger partial charge in [0.05, 0.1) is 5.52 Å². The summed E-state index contributed by atoms with van der Waals surface area (Å²) in [7, 11) is 0. The average molecular weight is 203 g/mol. The van der Waals surface area contributed by atoms with Gasteiger partial charge in [-0.2, -0.15) is 0 Å². The number of carbonyl (C=O) groups excluding carboxylic acids is 1. The van der Waals surface area contributed by atoms with E-state index in [9.17, 15) is 9.59 Å².